The molecule has 2 unspecified atom stereocenters. The molecule has 2 aliphatic heterocycles. The normalized spacial score (nSPS) is 29.0. The highest BCUT2D eigenvalue weighted by atomic mass is 79.9. The maximum atomic E-state index is 5.84. The molecule has 2 saturated heterocycles. The summed E-state index contributed by atoms with van der Waals surface area (Å²) in [7, 11) is 0. The highest BCUT2D eigenvalue weighted by Gasteiger charge is 2.26. The Morgan fingerprint density at radius 3 is 2.45 bits per heavy atom. The van der Waals surface area contributed by atoms with E-state index in [-0.39, 0.29) is 0 Å². The number of ether oxygens (including phenoxy) is 1. The van der Waals surface area contributed by atoms with Gasteiger partial charge in [-0.3, -0.25) is 9.80 Å². The van der Waals surface area contributed by atoms with E-state index in [2.05, 4.69) is 51.0 Å². The lowest BCUT2D eigenvalue weighted by atomic mass is 9.95. The van der Waals surface area contributed by atoms with E-state index in [1.807, 2.05) is 11.3 Å². The number of rotatable bonds is 4. The molecule has 22 heavy (non-hydrogen) atoms. The van der Waals surface area contributed by atoms with Crippen LogP contribution in [0.2, 0.25) is 0 Å². The van der Waals surface area contributed by atoms with Crippen LogP contribution in [0.15, 0.2) is 15.9 Å². The van der Waals surface area contributed by atoms with Crippen molar-refractivity contribution in [1.29, 1.82) is 0 Å². The molecule has 2 atom stereocenters. The molecule has 0 radical (unpaired) electrons. The summed E-state index contributed by atoms with van der Waals surface area (Å²) in [6, 6.07) is 2.16. The van der Waals surface area contributed by atoms with E-state index in [0.29, 0.717) is 12.2 Å². The lowest BCUT2D eigenvalue weighted by Gasteiger charge is -2.39. The van der Waals surface area contributed by atoms with Gasteiger partial charge in [0.05, 0.1) is 12.2 Å². The summed E-state index contributed by atoms with van der Waals surface area (Å²) in [4.78, 5) is 6.70. The summed E-state index contributed by atoms with van der Waals surface area (Å²) in [5, 5.41) is 2.17. The average molecular weight is 387 g/mol. The predicted molar refractivity (Wildman–Crippen MR) is 96.5 cm³/mol. The van der Waals surface area contributed by atoms with Gasteiger partial charge in [0, 0.05) is 35.5 Å². The Morgan fingerprint density at radius 2 is 1.86 bits per heavy atom. The SMILES string of the molecule is CC1CN(CC2CCN(Cc3sccc3Br)CC2)CC(C)O1. The van der Waals surface area contributed by atoms with Gasteiger partial charge >= 0.3 is 0 Å². The summed E-state index contributed by atoms with van der Waals surface area (Å²) < 4.78 is 7.11. The van der Waals surface area contributed by atoms with E-state index in [0.717, 1.165) is 25.6 Å². The highest BCUT2D eigenvalue weighted by Crippen LogP contribution is 2.27. The number of piperidine rings is 1. The molecule has 1 aromatic rings. The second kappa shape index (κ2) is 7.75. The Balaban J connectivity index is 1.43. The molecule has 3 heterocycles. The van der Waals surface area contributed by atoms with Crippen molar-refractivity contribution in [3.63, 3.8) is 0 Å². The Kier molecular flexibility index (Phi) is 5.96. The van der Waals surface area contributed by atoms with Crippen LogP contribution in [0.25, 0.3) is 0 Å². The van der Waals surface area contributed by atoms with Gasteiger partial charge < -0.3 is 4.74 Å². The Bertz CT molecular complexity index is 463. The standard InChI is InChI=1S/C17H27BrN2OS/c1-13-9-20(10-14(2)21-13)11-15-3-6-19(7-4-15)12-17-16(18)5-8-22-17/h5,8,13-15H,3-4,6-7,9-12H2,1-2H3. The fourth-order valence-corrected chi connectivity index (χ4v) is 5.29. The molecule has 0 bridgehead atoms. The zero-order valence-electron chi connectivity index (χ0n) is 13.6. The van der Waals surface area contributed by atoms with Gasteiger partial charge in [0.2, 0.25) is 0 Å². The van der Waals surface area contributed by atoms with Crippen LogP contribution >= 0.6 is 27.3 Å². The first kappa shape index (κ1) is 16.9. The highest BCUT2D eigenvalue weighted by molar-refractivity contribution is 9.10. The number of morpholine rings is 1. The molecule has 3 rings (SSSR count). The van der Waals surface area contributed by atoms with Crippen LogP contribution in [0.3, 0.4) is 0 Å². The monoisotopic (exact) mass is 386 g/mol. The van der Waals surface area contributed by atoms with E-state index in [4.69, 9.17) is 4.74 Å². The quantitative estimate of drug-likeness (QED) is 0.781. The molecule has 0 aromatic carbocycles. The van der Waals surface area contributed by atoms with Crippen molar-refractivity contribution < 1.29 is 4.74 Å². The third kappa shape index (κ3) is 4.54. The van der Waals surface area contributed by atoms with Gasteiger partial charge in [-0.25, -0.2) is 0 Å². The zero-order valence-corrected chi connectivity index (χ0v) is 16.0. The first-order valence-corrected chi connectivity index (χ1v) is 10.1. The van der Waals surface area contributed by atoms with Crippen LogP contribution in [0.1, 0.15) is 31.6 Å². The van der Waals surface area contributed by atoms with Crippen molar-refractivity contribution in [1.82, 2.24) is 9.80 Å². The average Bonchev–Trinajstić information content (AvgIpc) is 2.85. The molecule has 124 valence electrons. The minimum absolute atomic E-state index is 0.389. The fraction of sp³-hybridized carbons (Fsp3) is 0.765. The topological polar surface area (TPSA) is 15.7 Å². The summed E-state index contributed by atoms with van der Waals surface area (Å²) in [6.45, 7) is 11.5. The van der Waals surface area contributed by atoms with Crippen LogP contribution < -0.4 is 0 Å². The smallest absolute Gasteiger partial charge is 0.0678 e. The van der Waals surface area contributed by atoms with Gasteiger partial charge in [0.1, 0.15) is 0 Å². The van der Waals surface area contributed by atoms with E-state index in [1.54, 1.807) is 0 Å². The van der Waals surface area contributed by atoms with Crippen LogP contribution in [-0.2, 0) is 11.3 Å². The maximum Gasteiger partial charge on any atom is 0.0678 e. The van der Waals surface area contributed by atoms with Crippen LogP contribution in [0.4, 0.5) is 0 Å². The molecule has 2 fully saturated rings. The van der Waals surface area contributed by atoms with Crippen molar-refractivity contribution in [2.45, 2.75) is 45.4 Å². The Hall–Kier alpha value is 0.0600. The molecule has 3 nitrogen and oxygen atoms in total. The minimum atomic E-state index is 0.389. The molecule has 5 heteroatoms. The van der Waals surface area contributed by atoms with Crippen molar-refractivity contribution in [2.24, 2.45) is 5.92 Å². The molecule has 0 aliphatic carbocycles. The zero-order chi connectivity index (χ0) is 15.5. The van der Waals surface area contributed by atoms with Crippen LogP contribution in [-0.4, -0.2) is 54.7 Å². The van der Waals surface area contributed by atoms with Crippen molar-refractivity contribution in [3.05, 3.63) is 20.8 Å². The molecule has 1 aromatic heterocycles. The fourth-order valence-electron chi connectivity index (χ4n) is 3.77. The molecule has 0 saturated carbocycles. The third-order valence-electron chi connectivity index (χ3n) is 4.78. The number of halogens is 1. The molecule has 0 amide bonds. The molecular formula is C17H27BrN2OS. The van der Waals surface area contributed by atoms with E-state index in [9.17, 15) is 0 Å². The number of likely N-dealkylation sites (tertiary alicyclic amines) is 1. The third-order valence-corrected chi connectivity index (χ3v) is 6.69. The van der Waals surface area contributed by atoms with Crippen LogP contribution in [0.5, 0.6) is 0 Å². The number of thiophene rings is 1. The van der Waals surface area contributed by atoms with Crippen LogP contribution in [0, 0.1) is 5.92 Å². The van der Waals surface area contributed by atoms with Gasteiger partial charge in [0.15, 0.2) is 0 Å². The molecule has 0 spiro atoms. The van der Waals surface area contributed by atoms with Gasteiger partial charge in [-0.2, -0.15) is 0 Å². The molecule has 0 N–H and O–H groups in total. The first-order chi connectivity index (χ1) is 10.6. The van der Waals surface area contributed by atoms with Gasteiger partial charge in [-0.1, -0.05) is 0 Å². The first-order valence-electron chi connectivity index (χ1n) is 8.42. The minimum Gasteiger partial charge on any atom is -0.373 e. The summed E-state index contributed by atoms with van der Waals surface area (Å²) in [5.41, 5.74) is 0. The van der Waals surface area contributed by atoms with E-state index >= 15 is 0 Å². The summed E-state index contributed by atoms with van der Waals surface area (Å²) in [6.07, 6.45) is 3.45. The van der Waals surface area contributed by atoms with Crippen molar-refractivity contribution >= 4 is 27.3 Å². The largest absolute Gasteiger partial charge is 0.373 e. The lowest BCUT2D eigenvalue weighted by molar-refractivity contribution is -0.0732. The number of nitrogens with zero attached hydrogens (tertiary/aromatic N) is 2. The van der Waals surface area contributed by atoms with E-state index < -0.39 is 0 Å². The Morgan fingerprint density at radius 1 is 1.18 bits per heavy atom. The number of hydrogen-bond donors (Lipinski definition) is 0. The lowest BCUT2D eigenvalue weighted by Crippen LogP contribution is -2.48. The van der Waals surface area contributed by atoms with Gasteiger partial charge in [0.25, 0.3) is 0 Å². The Labute approximate surface area is 146 Å². The second-order valence-electron chi connectivity index (χ2n) is 6.89. The van der Waals surface area contributed by atoms with E-state index in [1.165, 1.54) is 41.8 Å². The van der Waals surface area contributed by atoms with Gasteiger partial charge in [-0.15, -0.1) is 11.3 Å². The number of hydrogen-bond acceptors (Lipinski definition) is 4. The van der Waals surface area contributed by atoms with Crippen molar-refractivity contribution in [3.8, 4) is 0 Å². The maximum absolute atomic E-state index is 5.84. The second-order valence-corrected chi connectivity index (χ2v) is 8.74. The molecule has 2 aliphatic rings. The van der Waals surface area contributed by atoms with Gasteiger partial charge in [-0.05, 0) is 73.1 Å². The predicted octanol–water partition coefficient (Wildman–Crippen LogP) is 3.83. The summed E-state index contributed by atoms with van der Waals surface area (Å²) >= 11 is 5.51. The summed E-state index contributed by atoms with van der Waals surface area (Å²) in [5.74, 6) is 0.862. The molecular weight excluding hydrogens is 360 g/mol. The van der Waals surface area contributed by atoms with Crippen molar-refractivity contribution in [2.75, 3.05) is 32.7 Å².